The number of alkyl halides is 3. The van der Waals surface area contributed by atoms with E-state index >= 15 is 0 Å². The highest BCUT2D eigenvalue weighted by Gasteiger charge is 2.31. The number of carbonyl (C=O) groups is 2. The van der Waals surface area contributed by atoms with Gasteiger partial charge in [-0.1, -0.05) is 24.3 Å². The molecule has 2 N–H and O–H groups in total. The number of hydrogen-bond donors (Lipinski definition) is 2. The average molecular weight is 445 g/mol. The van der Waals surface area contributed by atoms with Crippen molar-refractivity contribution in [2.24, 2.45) is 0 Å². The molecule has 0 radical (unpaired) electrons. The smallest absolute Gasteiger partial charge is 0.354 e. The van der Waals surface area contributed by atoms with E-state index in [1.807, 2.05) is 35.7 Å². The zero-order valence-corrected chi connectivity index (χ0v) is 17.0. The van der Waals surface area contributed by atoms with Crippen LogP contribution in [0.25, 0.3) is 10.1 Å². The van der Waals surface area contributed by atoms with Crippen molar-refractivity contribution in [1.29, 1.82) is 5.26 Å². The number of hydrogen-bond acceptors (Lipinski definition) is 4. The van der Waals surface area contributed by atoms with Crippen LogP contribution in [0.1, 0.15) is 33.8 Å². The molecule has 160 valence electrons. The molecule has 1 heterocycles. The molecule has 0 saturated carbocycles. The Hall–Kier alpha value is -3.38. The second-order valence-corrected chi connectivity index (χ2v) is 7.64. The summed E-state index contributed by atoms with van der Waals surface area (Å²) in [5, 5.41) is 16.6. The number of amides is 2. The second kappa shape index (κ2) is 9.62. The third-order valence-electron chi connectivity index (χ3n) is 4.66. The highest BCUT2D eigenvalue weighted by molar-refractivity contribution is 7.17. The Morgan fingerprint density at radius 3 is 2.61 bits per heavy atom. The van der Waals surface area contributed by atoms with Crippen molar-refractivity contribution in [2.45, 2.75) is 18.5 Å². The predicted octanol–water partition coefficient (Wildman–Crippen LogP) is 4.46. The number of nitrogens with one attached hydrogen (secondary N) is 2. The Morgan fingerprint density at radius 2 is 1.87 bits per heavy atom. The first-order valence-corrected chi connectivity index (χ1v) is 10.3. The van der Waals surface area contributed by atoms with E-state index in [2.05, 4.69) is 10.6 Å². The monoisotopic (exact) mass is 445 g/mol. The van der Waals surface area contributed by atoms with Crippen LogP contribution in [0.5, 0.6) is 0 Å². The number of nitrogens with zero attached hydrogens (tertiary/aromatic N) is 1. The topological polar surface area (TPSA) is 82.0 Å². The fraction of sp³-hybridized carbons (Fsp3) is 0.227. The molecule has 5 nitrogen and oxygen atoms in total. The van der Waals surface area contributed by atoms with E-state index in [0.29, 0.717) is 5.56 Å². The number of rotatable bonds is 7. The second-order valence-electron chi connectivity index (χ2n) is 6.73. The first kappa shape index (κ1) is 22.3. The number of nitriles is 1. The molecule has 2 amide bonds. The lowest BCUT2D eigenvalue weighted by Crippen LogP contribution is -2.37. The van der Waals surface area contributed by atoms with Crippen LogP contribution in [0.3, 0.4) is 0 Å². The molecule has 3 aromatic rings. The fourth-order valence-corrected chi connectivity index (χ4v) is 4.13. The molecule has 31 heavy (non-hydrogen) atoms. The highest BCUT2D eigenvalue weighted by atomic mass is 32.1. The number of halogens is 3. The summed E-state index contributed by atoms with van der Waals surface area (Å²) >= 11 is 1.45. The van der Waals surface area contributed by atoms with Gasteiger partial charge in [-0.15, -0.1) is 11.3 Å². The summed E-state index contributed by atoms with van der Waals surface area (Å²) < 4.78 is 39.7. The lowest BCUT2D eigenvalue weighted by molar-refractivity contribution is -0.137. The molecule has 1 aromatic heterocycles. The fourth-order valence-electron chi connectivity index (χ4n) is 3.11. The first-order valence-electron chi connectivity index (χ1n) is 9.37. The molecule has 0 aliphatic carbocycles. The van der Waals surface area contributed by atoms with Gasteiger partial charge in [-0.2, -0.15) is 18.4 Å². The van der Waals surface area contributed by atoms with Gasteiger partial charge in [0, 0.05) is 23.4 Å². The number of carbonyl (C=O) groups excluding carboxylic acids is 2. The van der Waals surface area contributed by atoms with Crippen molar-refractivity contribution in [3.8, 4) is 6.07 Å². The normalized spacial score (nSPS) is 12.2. The molecule has 0 fully saturated rings. The van der Waals surface area contributed by atoms with E-state index in [4.69, 9.17) is 5.26 Å². The first-order chi connectivity index (χ1) is 14.8. The summed E-state index contributed by atoms with van der Waals surface area (Å²) in [5.74, 6) is -1.84. The number of benzene rings is 2. The van der Waals surface area contributed by atoms with Gasteiger partial charge >= 0.3 is 6.18 Å². The zero-order valence-electron chi connectivity index (χ0n) is 16.2. The van der Waals surface area contributed by atoms with Crippen molar-refractivity contribution in [3.63, 3.8) is 0 Å². The van der Waals surface area contributed by atoms with Crippen LogP contribution in [0, 0.1) is 11.3 Å². The molecule has 2 aromatic carbocycles. The minimum atomic E-state index is -4.56. The largest absolute Gasteiger partial charge is 0.416 e. The Labute approximate surface area is 180 Å². The van der Waals surface area contributed by atoms with Gasteiger partial charge in [0.1, 0.15) is 0 Å². The van der Waals surface area contributed by atoms with Gasteiger partial charge in [0.15, 0.2) is 0 Å². The molecular formula is C22H18F3N3O2S. The number of fused-ring (bicyclic) bond motifs is 1. The van der Waals surface area contributed by atoms with E-state index in [9.17, 15) is 22.8 Å². The maximum Gasteiger partial charge on any atom is 0.416 e. The minimum Gasteiger partial charge on any atom is -0.354 e. The maximum atomic E-state index is 12.9. The Bertz CT molecular complexity index is 1130. The van der Waals surface area contributed by atoms with Gasteiger partial charge in [0.05, 0.1) is 24.0 Å². The average Bonchev–Trinajstić information content (AvgIpc) is 3.17. The molecule has 3 rings (SSSR count). The molecule has 0 spiro atoms. The van der Waals surface area contributed by atoms with Gasteiger partial charge in [-0.05, 0) is 40.6 Å². The van der Waals surface area contributed by atoms with Gasteiger partial charge in [-0.3, -0.25) is 9.59 Å². The third-order valence-corrected chi connectivity index (χ3v) is 5.64. The molecule has 0 saturated heterocycles. The Kier molecular flexibility index (Phi) is 6.92. The molecule has 1 atom stereocenters. The van der Waals surface area contributed by atoms with Crippen molar-refractivity contribution in [3.05, 3.63) is 70.6 Å². The molecule has 9 heteroatoms. The summed E-state index contributed by atoms with van der Waals surface area (Å²) in [6.07, 6.45) is -4.42. The van der Waals surface area contributed by atoms with Crippen molar-refractivity contribution >= 4 is 33.2 Å². The summed E-state index contributed by atoms with van der Waals surface area (Å²) in [5.41, 5.74) is -0.359. The van der Waals surface area contributed by atoms with E-state index in [1.54, 1.807) is 0 Å². The zero-order chi connectivity index (χ0) is 22.4. The van der Waals surface area contributed by atoms with Crippen molar-refractivity contribution in [1.82, 2.24) is 10.6 Å². The summed E-state index contributed by atoms with van der Waals surface area (Å²) in [6, 6.07) is 13.5. The number of thiophene rings is 1. The van der Waals surface area contributed by atoms with Gasteiger partial charge in [0.25, 0.3) is 5.91 Å². The van der Waals surface area contributed by atoms with E-state index < -0.39 is 23.6 Å². The molecule has 0 bridgehead atoms. The Balaban J connectivity index is 1.81. The molecule has 0 aliphatic heterocycles. The lowest BCUT2D eigenvalue weighted by atomic mass is 9.97. The van der Waals surface area contributed by atoms with E-state index in [1.165, 1.54) is 17.4 Å². The van der Waals surface area contributed by atoms with Crippen molar-refractivity contribution in [2.75, 3.05) is 13.1 Å². The van der Waals surface area contributed by atoms with Crippen LogP contribution in [-0.2, 0) is 11.0 Å². The standard InChI is InChI=1S/C22H18F3N3O2S/c23-22(24,25)15-6-3-5-14(11-15)20(29)28-12-17(21(30)27-10-4-9-26)18-13-31-19-8-2-1-7-16(18)19/h1-3,5-8,11,13,17H,4,10,12H2,(H,27,30)(H,28,29). The van der Waals surface area contributed by atoms with Gasteiger partial charge < -0.3 is 10.6 Å². The third kappa shape index (κ3) is 5.41. The summed E-state index contributed by atoms with van der Waals surface area (Å²) in [6.45, 7) is 0.0592. The van der Waals surface area contributed by atoms with Crippen LogP contribution >= 0.6 is 11.3 Å². The van der Waals surface area contributed by atoms with Crippen molar-refractivity contribution < 1.29 is 22.8 Å². The highest BCUT2D eigenvalue weighted by Crippen LogP contribution is 2.32. The van der Waals surface area contributed by atoms with Crippen LogP contribution < -0.4 is 10.6 Å². The van der Waals surface area contributed by atoms with E-state index in [0.717, 1.165) is 28.3 Å². The van der Waals surface area contributed by atoms with Crippen LogP contribution in [0.4, 0.5) is 13.2 Å². The van der Waals surface area contributed by atoms with Gasteiger partial charge in [0.2, 0.25) is 5.91 Å². The molecule has 0 aliphatic rings. The van der Waals surface area contributed by atoms with Gasteiger partial charge in [-0.25, -0.2) is 0 Å². The van der Waals surface area contributed by atoms with Crippen LogP contribution in [0.15, 0.2) is 53.9 Å². The van der Waals surface area contributed by atoms with Crippen LogP contribution in [-0.4, -0.2) is 24.9 Å². The quantitative estimate of drug-likeness (QED) is 0.527. The maximum absolute atomic E-state index is 12.9. The SMILES string of the molecule is N#CCCNC(=O)C(CNC(=O)c1cccc(C(F)(F)F)c1)c1csc2ccccc12. The molecule has 1 unspecified atom stereocenters. The predicted molar refractivity (Wildman–Crippen MR) is 112 cm³/mol. The summed E-state index contributed by atoms with van der Waals surface area (Å²) in [4.78, 5) is 25.3. The molecular weight excluding hydrogens is 427 g/mol. The van der Waals surface area contributed by atoms with Crippen LogP contribution in [0.2, 0.25) is 0 Å². The lowest BCUT2D eigenvalue weighted by Gasteiger charge is -2.17. The Morgan fingerprint density at radius 1 is 1.10 bits per heavy atom. The summed E-state index contributed by atoms with van der Waals surface area (Å²) in [7, 11) is 0. The van der Waals surface area contributed by atoms with E-state index in [-0.39, 0.29) is 31.0 Å². The minimum absolute atomic E-state index is 0.103.